The minimum absolute atomic E-state index is 0.924. The van der Waals surface area contributed by atoms with Crippen molar-refractivity contribution in [2.45, 2.75) is 13.8 Å². The Hall–Kier alpha value is -1.36. The van der Waals surface area contributed by atoms with Crippen LogP contribution >= 0.6 is 11.3 Å². The smallest absolute Gasteiger partial charge is 0.187 e. The van der Waals surface area contributed by atoms with Crippen LogP contribution in [0.25, 0.3) is 0 Å². The quantitative estimate of drug-likeness (QED) is 0.823. The van der Waals surface area contributed by atoms with Gasteiger partial charge in [-0.25, -0.2) is 4.98 Å². The van der Waals surface area contributed by atoms with Gasteiger partial charge in [0.1, 0.15) is 0 Å². The van der Waals surface area contributed by atoms with Crippen LogP contribution in [0.15, 0.2) is 12.4 Å². The lowest BCUT2D eigenvalue weighted by Gasteiger charge is -1.95. The molecule has 0 aliphatic carbocycles. The van der Waals surface area contributed by atoms with E-state index in [1.165, 1.54) is 4.88 Å². The Balaban J connectivity index is 2.18. The van der Waals surface area contributed by atoms with E-state index in [0.29, 0.717) is 0 Å². The Morgan fingerprint density at radius 2 is 2.21 bits per heavy atom. The highest BCUT2D eigenvalue weighted by Crippen LogP contribution is 2.24. The predicted molar refractivity (Wildman–Crippen MR) is 58.1 cm³/mol. The Morgan fingerprint density at radius 1 is 1.43 bits per heavy atom. The fourth-order valence-corrected chi connectivity index (χ4v) is 1.97. The molecule has 0 fully saturated rings. The number of aryl methyl sites for hydroxylation is 3. The Labute approximate surface area is 86.6 Å². The summed E-state index contributed by atoms with van der Waals surface area (Å²) in [6.45, 7) is 4.08. The predicted octanol–water partition coefficient (Wildman–Crippen LogP) is 2.24. The SMILES string of the molecule is Cc1nc(Nc2cnn(C)c2)sc1C. The second kappa shape index (κ2) is 3.42. The first-order valence-corrected chi connectivity index (χ1v) is 5.16. The molecule has 74 valence electrons. The van der Waals surface area contributed by atoms with E-state index in [-0.39, 0.29) is 0 Å². The van der Waals surface area contributed by atoms with Gasteiger partial charge in [0.2, 0.25) is 0 Å². The molecule has 0 aliphatic heterocycles. The fourth-order valence-electron chi connectivity index (χ4n) is 1.14. The molecular formula is C9H12N4S. The molecule has 0 amide bonds. The largest absolute Gasteiger partial charge is 0.329 e. The summed E-state index contributed by atoms with van der Waals surface area (Å²) in [6.07, 6.45) is 3.71. The highest BCUT2D eigenvalue weighted by molar-refractivity contribution is 7.15. The van der Waals surface area contributed by atoms with Crippen molar-refractivity contribution < 1.29 is 0 Å². The van der Waals surface area contributed by atoms with Crippen LogP contribution in [0.3, 0.4) is 0 Å². The van der Waals surface area contributed by atoms with Crippen molar-refractivity contribution in [2.24, 2.45) is 7.05 Å². The lowest BCUT2D eigenvalue weighted by Crippen LogP contribution is -1.88. The second-order valence-corrected chi connectivity index (χ2v) is 4.39. The minimum atomic E-state index is 0.924. The zero-order chi connectivity index (χ0) is 10.1. The van der Waals surface area contributed by atoms with E-state index in [2.05, 4.69) is 22.3 Å². The van der Waals surface area contributed by atoms with Gasteiger partial charge in [-0.3, -0.25) is 4.68 Å². The van der Waals surface area contributed by atoms with Gasteiger partial charge in [0.05, 0.1) is 17.6 Å². The van der Waals surface area contributed by atoms with Gasteiger partial charge in [-0.15, -0.1) is 11.3 Å². The highest BCUT2D eigenvalue weighted by atomic mass is 32.1. The molecule has 0 bridgehead atoms. The lowest BCUT2D eigenvalue weighted by molar-refractivity contribution is 0.768. The molecule has 14 heavy (non-hydrogen) atoms. The second-order valence-electron chi connectivity index (χ2n) is 3.19. The fraction of sp³-hybridized carbons (Fsp3) is 0.333. The molecule has 0 aliphatic rings. The molecule has 1 N–H and O–H groups in total. The lowest BCUT2D eigenvalue weighted by atomic mass is 10.4. The minimum Gasteiger partial charge on any atom is -0.329 e. The first-order chi connectivity index (χ1) is 6.65. The molecule has 0 saturated heterocycles. The molecule has 0 saturated carbocycles. The molecule has 4 nitrogen and oxygen atoms in total. The molecule has 0 atom stereocenters. The van der Waals surface area contributed by atoms with Crippen LogP contribution in [-0.2, 0) is 7.05 Å². The maximum atomic E-state index is 4.39. The Morgan fingerprint density at radius 3 is 2.71 bits per heavy atom. The van der Waals surface area contributed by atoms with Crippen LogP contribution in [0.5, 0.6) is 0 Å². The van der Waals surface area contributed by atoms with Gasteiger partial charge in [-0.2, -0.15) is 5.10 Å². The third-order valence-corrected chi connectivity index (χ3v) is 2.97. The monoisotopic (exact) mass is 208 g/mol. The van der Waals surface area contributed by atoms with Crippen LogP contribution in [-0.4, -0.2) is 14.8 Å². The van der Waals surface area contributed by atoms with E-state index >= 15 is 0 Å². The molecule has 2 aromatic heterocycles. The van der Waals surface area contributed by atoms with Gasteiger partial charge in [0.15, 0.2) is 5.13 Å². The van der Waals surface area contributed by atoms with Gasteiger partial charge < -0.3 is 5.32 Å². The van der Waals surface area contributed by atoms with E-state index in [1.54, 1.807) is 22.2 Å². The van der Waals surface area contributed by atoms with Gasteiger partial charge in [-0.1, -0.05) is 0 Å². The molecule has 5 heteroatoms. The number of rotatable bonds is 2. The topological polar surface area (TPSA) is 42.7 Å². The average Bonchev–Trinajstić information content (AvgIpc) is 2.62. The number of aromatic nitrogens is 3. The van der Waals surface area contributed by atoms with Crippen molar-refractivity contribution in [3.63, 3.8) is 0 Å². The number of hydrogen-bond donors (Lipinski definition) is 1. The molecule has 2 rings (SSSR count). The third kappa shape index (κ3) is 1.77. The maximum absolute atomic E-state index is 4.39. The molecule has 0 radical (unpaired) electrons. The van der Waals surface area contributed by atoms with Crippen molar-refractivity contribution >= 4 is 22.2 Å². The van der Waals surface area contributed by atoms with E-state index in [4.69, 9.17) is 0 Å². The molecule has 2 aromatic rings. The summed E-state index contributed by atoms with van der Waals surface area (Å²) in [7, 11) is 1.89. The normalized spacial score (nSPS) is 10.5. The third-order valence-electron chi connectivity index (χ3n) is 1.98. The average molecular weight is 208 g/mol. The molecular weight excluding hydrogens is 196 g/mol. The van der Waals surface area contributed by atoms with E-state index in [1.807, 2.05) is 20.2 Å². The molecule has 0 unspecified atom stereocenters. The standard InChI is InChI=1S/C9H12N4S/c1-6-7(2)14-9(11-6)12-8-4-10-13(3)5-8/h4-5H,1-3H3,(H,11,12). The summed E-state index contributed by atoms with van der Waals surface area (Å²) in [4.78, 5) is 5.63. The van der Waals surface area contributed by atoms with Crippen molar-refractivity contribution in [1.82, 2.24) is 14.8 Å². The van der Waals surface area contributed by atoms with Crippen molar-refractivity contribution in [3.05, 3.63) is 23.0 Å². The first kappa shape index (κ1) is 9.21. The van der Waals surface area contributed by atoms with Crippen LogP contribution in [0.2, 0.25) is 0 Å². The number of nitrogens with one attached hydrogen (secondary N) is 1. The van der Waals surface area contributed by atoms with E-state index < -0.39 is 0 Å². The van der Waals surface area contributed by atoms with Crippen LogP contribution in [0.1, 0.15) is 10.6 Å². The summed E-state index contributed by atoms with van der Waals surface area (Å²) in [5.74, 6) is 0. The van der Waals surface area contributed by atoms with Gasteiger partial charge >= 0.3 is 0 Å². The van der Waals surface area contributed by atoms with Crippen LogP contribution < -0.4 is 5.32 Å². The summed E-state index contributed by atoms with van der Waals surface area (Å²) in [6, 6.07) is 0. The van der Waals surface area contributed by atoms with Crippen molar-refractivity contribution in [2.75, 3.05) is 5.32 Å². The van der Waals surface area contributed by atoms with Gasteiger partial charge in [0.25, 0.3) is 0 Å². The van der Waals surface area contributed by atoms with Crippen LogP contribution in [0.4, 0.5) is 10.8 Å². The van der Waals surface area contributed by atoms with E-state index in [9.17, 15) is 0 Å². The summed E-state index contributed by atoms with van der Waals surface area (Å²) >= 11 is 1.66. The molecule has 0 aromatic carbocycles. The van der Waals surface area contributed by atoms with Crippen LogP contribution in [0, 0.1) is 13.8 Å². The summed E-state index contributed by atoms with van der Waals surface area (Å²) < 4.78 is 1.76. The number of anilines is 2. The zero-order valence-electron chi connectivity index (χ0n) is 8.40. The Kier molecular flexibility index (Phi) is 2.25. The van der Waals surface area contributed by atoms with E-state index in [0.717, 1.165) is 16.5 Å². The number of nitrogens with zero attached hydrogens (tertiary/aromatic N) is 3. The summed E-state index contributed by atoms with van der Waals surface area (Å²) in [5, 5.41) is 8.21. The Bertz CT molecular complexity index is 424. The van der Waals surface area contributed by atoms with Gasteiger partial charge in [0, 0.05) is 18.1 Å². The number of hydrogen-bond acceptors (Lipinski definition) is 4. The zero-order valence-corrected chi connectivity index (χ0v) is 9.22. The maximum Gasteiger partial charge on any atom is 0.187 e. The molecule has 0 spiro atoms. The van der Waals surface area contributed by atoms with Gasteiger partial charge in [-0.05, 0) is 13.8 Å². The van der Waals surface area contributed by atoms with Crippen molar-refractivity contribution in [1.29, 1.82) is 0 Å². The van der Waals surface area contributed by atoms with Crippen molar-refractivity contribution in [3.8, 4) is 0 Å². The summed E-state index contributed by atoms with van der Waals surface area (Å²) in [5.41, 5.74) is 2.06. The first-order valence-electron chi connectivity index (χ1n) is 4.35. The number of thiazole rings is 1. The highest BCUT2D eigenvalue weighted by Gasteiger charge is 2.04. The molecule has 2 heterocycles.